The van der Waals surface area contributed by atoms with E-state index in [0.29, 0.717) is 5.92 Å². The fourth-order valence-corrected chi connectivity index (χ4v) is 1.36. The molecule has 0 aliphatic heterocycles. The van der Waals surface area contributed by atoms with Gasteiger partial charge >= 0.3 is 0 Å². The lowest BCUT2D eigenvalue weighted by molar-refractivity contribution is 0.122. The molecule has 1 rings (SSSR count). The lowest BCUT2D eigenvalue weighted by atomic mass is 10.0. The van der Waals surface area contributed by atoms with Gasteiger partial charge in [0.05, 0.1) is 6.10 Å². The zero-order valence-corrected chi connectivity index (χ0v) is 5.84. The minimum atomic E-state index is -0.118. The third kappa shape index (κ3) is 1.98. The lowest BCUT2D eigenvalue weighted by Crippen LogP contribution is -2.15. The van der Waals surface area contributed by atoms with E-state index in [1.54, 1.807) is 0 Å². The maximum absolute atomic E-state index is 9.30. The highest BCUT2D eigenvalue weighted by Gasteiger charge is 2.16. The Morgan fingerprint density at radius 1 is 1.11 bits per heavy atom. The molecule has 1 fully saturated rings. The summed E-state index contributed by atoms with van der Waals surface area (Å²) < 4.78 is 0. The van der Waals surface area contributed by atoms with E-state index in [1.807, 2.05) is 0 Å². The molecule has 1 radical (unpaired) electrons. The first-order chi connectivity index (χ1) is 4.30. The summed E-state index contributed by atoms with van der Waals surface area (Å²) in [5.74, 6) is 0.299. The van der Waals surface area contributed by atoms with Crippen LogP contribution in [-0.2, 0) is 0 Å². The first kappa shape index (κ1) is 7.07. The second-order valence-corrected chi connectivity index (χ2v) is 2.97. The van der Waals surface area contributed by atoms with Crippen LogP contribution in [0.4, 0.5) is 0 Å². The predicted octanol–water partition coefficient (Wildman–Crippen LogP) is 1.76. The second kappa shape index (κ2) is 3.21. The van der Waals surface area contributed by atoms with E-state index in [0.717, 1.165) is 12.8 Å². The van der Waals surface area contributed by atoms with Gasteiger partial charge in [0.2, 0.25) is 0 Å². The van der Waals surface area contributed by atoms with E-state index in [2.05, 4.69) is 6.92 Å². The monoisotopic (exact) mass is 127 g/mol. The van der Waals surface area contributed by atoms with Gasteiger partial charge in [0.25, 0.3) is 0 Å². The Morgan fingerprint density at radius 3 is 2.56 bits per heavy atom. The molecule has 0 spiro atoms. The van der Waals surface area contributed by atoms with Crippen molar-refractivity contribution >= 4 is 0 Å². The first-order valence-corrected chi connectivity index (χ1v) is 3.82. The van der Waals surface area contributed by atoms with Crippen molar-refractivity contribution in [2.45, 2.75) is 38.2 Å². The third-order valence-corrected chi connectivity index (χ3v) is 2.12. The number of hydrogen-bond donors (Lipinski definition) is 1. The predicted molar refractivity (Wildman–Crippen MR) is 37.9 cm³/mol. The molecule has 1 N–H and O–H groups in total. The van der Waals surface area contributed by atoms with E-state index >= 15 is 0 Å². The van der Waals surface area contributed by atoms with Crippen LogP contribution in [0, 0.1) is 12.8 Å². The van der Waals surface area contributed by atoms with Crippen LogP contribution in [0.3, 0.4) is 0 Å². The summed E-state index contributed by atoms with van der Waals surface area (Å²) in [4.78, 5) is 0. The number of rotatable bonds is 0. The summed E-state index contributed by atoms with van der Waals surface area (Å²) in [6, 6.07) is 0. The summed E-state index contributed by atoms with van der Waals surface area (Å²) in [7, 11) is 0. The zero-order chi connectivity index (χ0) is 6.69. The van der Waals surface area contributed by atoms with E-state index < -0.39 is 0 Å². The average Bonchev–Trinajstić information content (AvgIpc) is 1.99. The van der Waals surface area contributed by atoms with Crippen molar-refractivity contribution in [2.75, 3.05) is 0 Å². The van der Waals surface area contributed by atoms with Crippen molar-refractivity contribution in [1.29, 1.82) is 0 Å². The molecule has 1 heteroatoms. The van der Waals surface area contributed by atoms with Crippen molar-refractivity contribution in [2.24, 2.45) is 5.92 Å². The molecule has 53 valence electrons. The SMILES string of the molecule is [CH2]C1CCCCC[C@@H]1O. The van der Waals surface area contributed by atoms with Crippen LogP contribution >= 0.6 is 0 Å². The number of aliphatic hydroxyl groups is 1. The van der Waals surface area contributed by atoms with Crippen LogP contribution in [0.2, 0.25) is 0 Å². The second-order valence-electron chi connectivity index (χ2n) is 2.97. The van der Waals surface area contributed by atoms with Crippen LogP contribution in [0.25, 0.3) is 0 Å². The Labute approximate surface area is 57.1 Å². The largest absolute Gasteiger partial charge is 0.393 e. The molecule has 1 unspecified atom stereocenters. The van der Waals surface area contributed by atoms with Gasteiger partial charge in [0.1, 0.15) is 0 Å². The number of aliphatic hydroxyl groups excluding tert-OH is 1. The summed E-state index contributed by atoms with van der Waals surface area (Å²) in [5, 5.41) is 9.30. The molecule has 1 saturated carbocycles. The smallest absolute Gasteiger partial charge is 0.0568 e. The van der Waals surface area contributed by atoms with Gasteiger partial charge in [-0.25, -0.2) is 0 Å². The van der Waals surface area contributed by atoms with Gasteiger partial charge in [-0.15, -0.1) is 0 Å². The standard InChI is InChI=1S/C8H15O/c1-7-5-3-2-4-6-8(7)9/h7-9H,1-6H2/t7?,8-/m0/s1. The van der Waals surface area contributed by atoms with E-state index in [-0.39, 0.29) is 6.10 Å². The molecule has 1 aliphatic rings. The molecule has 2 atom stereocenters. The molecule has 1 aliphatic carbocycles. The minimum absolute atomic E-state index is 0.118. The molecular weight excluding hydrogens is 112 g/mol. The maximum atomic E-state index is 9.30. The van der Waals surface area contributed by atoms with Gasteiger partial charge in [-0.05, 0) is 25.7 Å². The fraction of sp³-hybridized carbons (Fsp3) is 0.875. The molecule has 0 aromatic carbocycles. The fourth-order valence-electron chi connectivity index (χ4n) is 1.36. The molecule has 0 bridgehead atoms. The van der Waals surface area contributed by atoms with Crippen LogP contribution < -0.4 is 0 Å². The van der Waals surface area contributed by atoms with Gasteiger partial charge in [-0.3, -0.25) is 0 Å². The van der Waals surface area contributed by atoms with Gasteiger partial charge < -0.3 is 5.11 Å². The highest BCUT2D eigenvalue weighted by Crippen LogP contribution is 2.21. The molecular formula is C8H15O. The number of hydrogen-bond acceptors (Lipinski definition) is 1. The van der Waals surface area contributed by atoms with Crippen molar-refractivity contribution in [3.63, 3.8) is 0 Å². The van der Waals surface area contributed by atoms with Crippen LogP contribution in [0.15, 0.2) is 0 Å². The highest BCUT2D eigenvalue weighted by atomic mass is 16.3. The quantitative estimate of drug-likeness (QED) is 0.492. The Kier molecular flexibility index (Phi) is 2.52. The molecule has 0 saturated heterocycles. The van der Waals surface area contributed by atoms with Crippen molar-refractivity contribution in [1.82, 2.24) is 0 Å². The van der Waals surface area contributed by atoms with Crippen LogP contribution in [0.5, 0.6) is 0 Å². The van der Waals surface area contributed by atoms with Crippen molar-refractivity contribution < 1.29 is 5.11 Å². The Hall–Kier alpha value is -0.0400. The summed E-state index contributed by atoms with van der Waals surface area (Å²) in [6.07, 6.45) is 5.68. The normalized spacial score (nSPS) is 38.0. The summed E-state index contributed by atoms with van der Waals surface area (Å²) in [5.41, 5.74) is 0. The van der Waals surface area contributed by atoms with E-state index in [9.17, 15) is 5.11 Å². The van der Waals surface area contributed by atoms with Crippen LogP contribution in [0.1, 0.15) is 32.1 Å². The summed E-state index contributed by atoms with van der Waals surface area (Å²) >= 11 is 0. The molecule has 0 aromatic heterocycles. The molecule has 1 nitrogen and oxygen atoms in total. The topological polar surface area (TPSA) is 20.2 Å². The van der Waals surface area contributed by atoms with Gasteiger partial charge in [0.15, 0.2) is 0 Å². The average molecular weight is 127 g/mol. The maximum Gasteiger partial charge on any atom is 0.0568 e. The van der Waals surface area contributed by atoms with Gasteiger partial charge in [-0.2, -0.15) is 0 Å². The molecule has 0 amide bonds. The summed E-state index contributed by atoms with van der Waals surface area (Å²) in [6.45, 7) is 3.89. The molecule has 0 heterocycles. The van der Waals surface area contributed by atoms with Gasteiger partial charge in [0, 0.05) is 0 Å². The van der Waals surface area contributed by atoms with Crippen LogP contribution in [-0.4, -0.2) is 11.2 Å². The Morgan fingerprint density at radius 2 is 1.78 bits per heavy atom. The highest BCUT2D eigenvalue weighted by molar-refractivity contribution is 4.73. The Bertz CT molecular complexity index is 70.6. The molecule has 9 heavy (non-hydrogen) atoms. The Balaban J connectivity index is 2.32. The van der Waals surface area contributed by atoms with Crippen molar-refractivity contribution in [3.8, 4) is 0 Å². The minimum Gasteiger partial charge on any atom is -0.393 e. The third-order valence-electron chi connectivity index (χ3n) is 2.12. The zero-order valence-electron chi connectivity index (χ0n) is 5.84. The van der Waals surface area contributed by atoms with E-state index in [1.165, 1.54) is 19.3 Å². The first-order valence-electron chi connectivity index (χ1n) is 3.82. The lowest BCUT2D eigenvalue weighted by Gasteiger charge is -2.13. The van der Waals surface area contributed by atoms with Crippen molar-refractivity contribution in [3.05, 3.63) is 6.92 Å². The van der Waals surface area contributed by atoms with Gasteiger partial charge in [-0.1, -0.05) is 19.3 Å². The van der Waals surface area contributed by atoms with E-state index in [4.69, 9.17) is 0 Å². The molecule has 0 aromatic rings.